The van der Waals surface area contributed by atoms with Gasteiger partial charge in [-0.1, -0.05) is 0 Å². The molecular weight excluding hydrogens is 236 g/mol. The van der Waals surface area contributed by atoms with Crippen LogP contribution < -0.4 is 15.4 Å². The molecule has 0 aliphatic rings. The van der Waals surface area contributed by atoms with Gasteiger partial charge in [-0.25, -0.2) is 0 Å². The van der Waals surface area contributed by atoms with E-state index in [9.17, 15) is 0 Å². The van der Waals surface area contributed by atoms with E-state index in [1.165, 1.54) is 0 Å². The van der Waals surface area contributed by atoms with Crippen molar-refractivity contribution in [2.24, 2.45) is 0 Å². The second-order valence-electron chi connectivity index (χ2n) is 3.68. The van der Waals surface area contributed by atoms with Gasteiger partial charge in [0.15, 0.2) is 5.11 Å². The number of thiocarbonyl (C=S) groups is 1. The predicted molar refractivity (Wildman–Crippen MR) is 73.7 cm³/mol. The third-order valence-corrected chi connectivity index (χ3v) is 2.36. The van der Waals surface area contributed by atoms with Crippen molar-refractivity contribution in [2.45, 2.75) is 13.0 Å². The summed E-state index contributed by atoms with van der Waals surface area (Å²) in [6.45, 7) is 2.62. The fourth-order valence-electron chi connectivity index (χ4n) is 1.36. The molecule has 0 bridgehead atoms. The highest BCUT2D eigenvalue weighted by Gasteiger charge is 2.03. The SMILES string of the molecule is COCC(C)NC(=S)Nc1ccc(OC)cc1. The van der Waals surface area contributed by atoms with Crippen LogP contribution in [0.3, 0.4) is 0 Å². The molecule has 0 heterocycles. The van der Waals surface area contributed by atoms with E-state index in [1.807, 2.05) is 31.2 Å². The van der Waals surface area contributed by atoms with Crippen LogP contribution in [0.2, 0.25) is 0 Å². The topological polar surface area (TPSA) is 42.5 Å². The average molecular weight is 254 g/mol. The highest BCUT2D eigenvalue weighted by atomic mass is 32.1. The van der Waals surface area contributed by atoms with E-state index < -0.39 is 0 Å². The number of benzene rings is 1. The highest BCUT2D eigenvalue weighted by Crippen LogP contribution is 2.14. The normalized spacial score (nSPS) is 11.7. The van der Waals surface area contributed by atoms with Crippen molar-refractivity contribution in [1.29, 1.82) is 0 Å². The molecule has 17 heavy (non-hydrogen) atoms. The summed E-state index contributed by atoms with van der Waals surface area (Å²) in [4.78, 5) is 0. The van der Waals surface area contributed by atoms with Crippen LogP contribution in [-0.2, 0) is 4.74 Å². The fourth-order valence-corrected chi connectivity index (χ4v) is 1.68. The van der Waals surface area contributed by atoms with Gasteiger partial charge in [0, 0.05) is 18.8 Å². The maximum absolute atomic E-state index is 5.18. The summed E-state index contributed by atoms with van der Waals surface area (Å²) in [5, 5.41) is 6.80. The molecule has 5 heteroatoms. The van der Waals surface area contributed by atoms with Gasteiger partial charge < -0.3 is 20.1 Å². The van der Waals surface area contributed by atoms with Gasteiger partial charge in [-0.3, -0.25) is 0 Å². The van der Waals surface area contributed by atoms with Gasteiger partial charge in [-0.2, -0.15) is 0 Å². The molecule has 2 N–H and O–H groups in total. The molecule has 0 amide bonds. The van der Waals surface area contributed by atoms with Gasteiger partial charge in [0.2, 0.25) is 0 Å². The van der Waals surface area contributed by atoms with Crippen LogP contribution in [0.25, 0.3) is 0 Å². The van der Waals surface area contributed by atoms with Crippen LogP contribution in [0.15, 0.2) is 24.3 Å². The molecule has 1 rings (SSSR count). The fraction of sp³-hybridized carbons (Fsp3) is 0.417. The lowest BCUT2D eigenvalue weighted by Crippen LogP contribution is -2.38. The zero-order chi connectivity index (χ0) is 12.7. The van der Waals surface area contributed by atoms with Crippen molar-refractivity contribution in [2.75, 3.05) is 26.1 Å². The largest absolute Gasteiger partial charge is 0.497 e. The van der Waals surface area contributed by atoms with Crippen molar-refractivity contribution in [1.82, 2.24) is 5.32 Å². The number of methoxy groups -OCH3 is 2. The molecule has 1 aromatic carbocycles. The van der Waals surface area contributed by atoms with Crippen LogP contribution in [-0.4, -0.2) is 32.0 Å². The Morgan fingerprint density at radius 3 is 2.47 bits per heavy atom. The number of hydrogen-bond acceptors (Lipinski definition) is 3. The summed E-state index contributed by atoms with van der Waals surface area (Å²) in [6, 6.07) is 7.76. The van der Waals surface area contributed by atoms with Crippen molar-refractivity contribution in [3.63, 3.8) is 0 Å². The third kappa shape index (κ3) is 5.01. The molecule has 0 aromatic heterocycles. The Bertz CT molecular complexity index is 354. The lowest BCUT2D eigenvalue weighted by Gasteiger charge is -2.16. The Morgan fingerprint density at radius 1 is 1.29 bits per heavy atom. The first-order valence-electron chi connectivity index (χ1n) is 5.36. The first-order valence-corrected chi connectivity index (χ1v) is 5.77. The average Bonchev–Trinajstić information content (AvgIpc) is 2.30. The number of anilines is 1. The lowest BCUT2D eigenvalue weighted by atomic mass is 10.3. The standard InChI is InChI=1S/C12H18N2O2S/c1-9(8-15-2)13-12(17)14-10-4-6-11(16-3)7-5-10/h4-7,9H,8H2,1-3H3,(H2,13,14,17). The molecule has 1 unspecified atom stereocenters. The Balaban J connectivity index is 2.44. The number of nitrogens with one attached hydrogen (secondary N) is 2. The molecule has 4 nitrogen and oxygen atoms in total. The van der Waals surface area contributed by atoms with Crippen LogP contribution in [0.1, 0.15) is 6.92 Å². The predicted octanol–water partition coefficient (Wildman–Crippen LogP) is 2.02. The molecule has 1 aromatic rings. The summed E-state index contributed by atoms with van der Waals surface area (Å²) in [7, 11) is 3.30. The van der Waals surface area contributed by atoms with Gasteiger partial charge in [0.1, 0.15) is 5.75 Å². The van der Waals surface area contributed by atoms with E-state index in [4.69, 9.17) is 21.7 Å². The van der Waals surface area contributed by atoms with Crippen molar-refractivity contribution in [3.8, 4) is 5.75 Å². The molecule has 0 spiro atoms. The second-order valence-corrected chi connectivity index (χ2v) is 4.09. The van der Waals surface area contributed by atoms with Crippen LogP contribution in [0.4, 0.5) is 5.69 Å². The Kier molecular flexibility index (Phi) is 5.72. The molecule has 0 aliphatic heterocycles. The first-order chi connectivity index (χ1) is 8.15. The third-order valence-electron chi connectivity index (χ3n) is 2.14. The quantitative estimate of drug-likeness (QED) is 0.787. The number of rotatable bonds is 5. The summed E-state index contributed by atoms with van der Waals surface area (Å²) >= 11 is 5.18. The highest BCUT2D eigenvalue weighted by molar-refractivity contribution is 7.80. The summed E-state index contributed by atoms with van der Waals surface area (Å²) in [5.74, 6) is 0.821. The molecule has 0 fully saturated rings. The summed E-state index contributed by atoms with van der Waals surface area (Å²) in [5.41, 5.74) is 0.924. The van der Waals surface area contributed by atoms with E-state index >= 15 is 0 Å². The minimum absolute atomic E-state index is 0.179. The number of ether oxygens (including phenoxy) is 2. The van der Waals surface area contributed by atoms with E-state index in [1.54, 1.807) is 14.2 Å². The molecular formula is C12H18N2O2S. The van der Waals surface area contributed by atoms with Crippen molar-refractivity contribution >= 4 is 23.0 Å². The molecule has 0 radical (unpaired) electrons. The smallest absolute Gasteiger partial charge is 0.171 e. The first kappa shape index (κ1) is 13.7. The van der Waals surface area contributed by atoms with Crippen molar-refractivity contribution in [3.05, 3.63) is 24.3 Å². The minimum Gasteiger partial charge on any atom is -0.497 e. The van der Waals surface area contributed by atoms with Crippen LogP contribution in [0.5, 0.6) is 5.75 Å². The van der Waals surface area contributed by atoms with E-state index in [0.717, 1.165) is 11.4 Å². The zero-order valence-electron chi connectivity index (χ0n) is 10.3. The van der Waals surface area contributed by atoms with E-state index in [-0.39, 0.29) is 6.04 Å². The molecule has 0 saturated carbocycles. The summed E-state index contributed by atoms with van der Waals surface area (Å²) in [6.07, 6.45) is 0. The van der Waals surface area contributed by atoms with Gasteiger partial charge >= 0.3 is 0 Å². The van der Waals surface area contributed by atoms with Gasteiger partial charge in [-0.05, 0) is 43.4 Å². The van der Waals surface area contributed by atoms with Crippen LogP contribution in [0, 0.1) is 0 Å². The Morgan fingerprint density at radius 2 is 1.94 bits per heavy atom. The van der Waals surface area contributed by atoms with Crippen molar-refractivity contribution < 1.29 is 9.47 Å². The van der Waals surface area contributed by atoms with E-state index in [2.05, 4.69) is 10.6 Å². The zero-order valence-corrected chi connectivity index (χ0v) is 11.1. The Hall–Kier alpha value is -1.33. The van der Waals surface area contributed by atoms with E-state index in [0.29, 0.717) is 11.7 Å². The maximum atomic E-state index is 5.18. The lowest BCUT2D eigenvalue weighted by molar-refractivity contribution is 0.179. The monoisotopic (exact) mass is 254 g/mol. The molecule has 0 aliphatic carbocycles. The summed E-state index contributed by atoms with van der Waals surface area (Å²) < 4.78 is 10.1. The Labute approximate surface area is 107 Å². The van der Waals surface area contributed by atoms with Gasteiger partial charge in [0.05, 0.1) is 13.7 Å². The van der Waals surface area contributed by atoms with Crippen LogP contribution >= 0.6 is 12.2 Å². The number of hydrogen-bond donors (Lipinski definition) is 2. The maximum Gasteiger partial charge on any atom is 0.171 e. The van der Waals surface area contributed by atoms with Gasteiger partial charge in [-0.15, -0.1) is 0 Å². The minimum atomic E-state index is 0.179. The molecule has 94 valence electrons. The second kappa shape index (κ2) is 7.09. The van der Waals surface area contributed by atoms with Gasteiger partial charge in [0.25, 0.3) is 0 Å². The molecule has 1 atom stereocenters. The molecule has 0 saturated heterocycles.